The summed E-state index contributed by atoms with van der Waals surface area (Å²) in [4.78, 5) is 0. The van der Waals surface area contributed by atoms with Crippen molar-refractivity contribution in [2.45, 2.75) is 39.6 Å². The summed E-state index contributed by atoms with van der Waals surface area (Å²) in [6, 6.07) is 0. The van der Waals surface area contributed by atoms with Crippen LogP contribution in [0.1, 0.15) is 22.2 Å². The standard InChI is InChI=1S/3C3H7O2.Al.H2/c3*1-3(4)5-2;;/h3*3H,1-2H3;;1H/q3*-1;+3;. The average Bonchev–Trinajstić information content (AvgIpc) is 2.28. The highest BCUT2D eigenvalue weighted by atomic mass is 27.3. The third-order valence-corrected chi connectivity index (χ3v) is 3.72. The first kappa shape index (κ1) is 16.3. The first-order valence-electron chi connectivity index (χ1n) is 5.08. The van der Waals surface area contributed by atoms with Gasteiger partial charge in [-0.3, -0.25) is 0 Å². The van der Waals surface area contributed by atoms with E-state index < -0.39 is 15.1 Å². The lowest BCUT2D eigenvalue weighted by Crippen LogP contribution is -2.38. The van der Waals surface area contributed by atoms with E-state index in [1.54, 1.807) is 42.1 Å². The summed E-state index contributed by atoms with van der Waals surface area (Å²) in [5.74, 6) is 0. The van der Waals surface area contributed by atoms with Crippen molar-refractivity contribution in [3.8, 4) is 0 Å². The van der Waals surface area contributed by atoms with Crippen LogP contribution >= 0.6 is 0 Å². The molecule has 0 aromatic rings. The van der Waals surface area contributed by atoms with Gasteiger partial charge in [-0.2, -0.15) is 0 Å². The Morgan fingerprint density at radius 1 is 0.688 bits per heavy atom. The minimum absolute atomic E-state index is 0. The van der Waals surface area contributed by atoms with Crippen LogP contribution in [0.2, 0.25) is 0 Å². The maximum atomic E-state index is 5.46. The van der Waals surface area contributed by atoms with Gasteiger partial charge >= 0.3 is 15.1 Å². The fourth-order valence-electron chi connectivity index (χ4n) is 0.732. The minimum atomic E-state index is -2.34. The molecule has 0 saturated carbocycles. The number of rotatable bonds is 9. The Hall–Kier alpha value is 0.292. The molecule has 0 N–H and O–H groups in total. The molecular weight excluding hydrogens is 231 g/mol. The van der Waals surface area contributed by atoms with Gasteiger partial charge in [-0.15, -0.1) is 0 Å². The molecule has 0 bridgehead atoms. The Labute approximate surface area is 104 Å². The van der Waals surface area contributed by atoms with E-state index in [1.165, 1.54) is 0 Å². The van der Waals surface area contributed by atoms with Crippen molar-refractivity contribution in [3.05, 3.63) is 0 Å². The second-order valence-corrected chi connectivity index (χ2v) is 4.50. The quantitative estimate of drug-likeness (QED) is 0.456. The summed E-state index contributed by atoms with van der Waals surface area (Å²) < 4.78 is 31.3. The van der Waals surface area contributed by atoms with Gasteiger partial charge in [-0.05, 0) is 20.8 Å². The Balaban J connectivity index is 0. The molecule has 0 aromatic carbocycles. The maximum absolute atomic E-state index is 5.46. The molecule has 0 aliphatic carbocycles. The van der Waals surface area contributed by atoms with Crippen LogP contribution in [0.25, 0.3) is 0 Å². The van der Waals surface area contributed by atoms with E-state index in [-0.39, 0.29) is 20.3 Å². The largest absolute Gasteiger partial charge is 0.911 e. The maximum Gasteiger partial charge on any atom is 0.911 e. The van der Waals surface area contributed by atoms with E-state index in [0.29, 0.717) is 0 Å². The van der Waals surface area contributed by atoms with E-state index in [4.69, 9.17) is 25.6 Å². The normalized spacial score (nSPS) is 16.9. The molecule has 0 aromatic heterocycles. The lowest BCUT2D eigenvalue weighted by atomic mass is 10.8. The SMILES string of the molecule is COC(C)[O][Al]([O]C(C)OC)[O]C(C)OC.[HH]. The molecule has 0 amide bonds. The monoisotopic (exact) mass is 254 g/mol. The van der Waals surface area contributed by atoms with Crippen molar-refractivity contribution in [1.82, 2.24) is 0 Å². The summed E-state index contributed by atoms with van der Waals surface area (Å²) >= 11 is -2.34. The van der Waals surface area contributed by atoms with Gasteiger partial charge in [0, 0.05) is 22.8 Å². The second kappa shape index (κ2) is 9.34. The van der Waals surface area contributed by atoms with Gasteiger partial charge in [0.25, 0.3) is 0 Å². The summed E-state index contributed by atoms with van der Waals surface area (Å²) in [6.07, 6.45) is -1.15. The topological polar surface area (TPSA) is 55.4 Å². The first-order valence-corrected chi connectivity index (χ1v) is 6.49. The summed E-state index contributed by atoms with van der Waals surface area (Å²) in [5.41, 5.74) is 0. The summed E-state index contributed by atoms with van der Waals surface area (Å²) in [5, 5.41) is 0. The lowest BCUT2D eigenvalue weighted by molar-refractivity contribution is -0.147. The van der Waals surface area contributed by atoms with Crippen molar-refractivity contribution in [2.75, 3.05) is 21.3 Å². The predicted molar refractivity (Wildman–Crippen MR) is 60.5 cm³/mol. The molecule has 16 heavy (non-hydrogen) atoms. The van der Waals surface area contributed by atoms with Gasteiger partial charge in [0.1, 0.15) is 18.9 Å². The summed E-state index contributed by atoms with van der Waals surface area (Å²) in [7, 11) is 4.65. The highest BCUT2D eigenvalue weighted by Crippen LogP contribution is 2.06. The molecule has 3 atom stereocenters. The zero-order valence-corrected chi connectivity index (χ0v) is 11.9. The fraction of sp³-hybridized carbons (Fsp3) is 1.00. The van der Waals surface area contributed by atoms with Crippen LogP contribution < -0.4 is 0 Å². The molecule has 0 spiro atoms. The van der Waals surface area contributed by atoms with Crippen LogP contribution in [0.15, 0.2) is 0 Å². The molecule has 0 heterocycles. The Kier molecular flexibility index (Phi) is 9.51. The Morgan fingerprint density at radius 3 is 1.12 bits per heavy atom. The Bertz CT molecular complexity index is 147. The van der Waals surface area contributed by atoms with Gasteiger partial charge in [-0.25, -0.2) is 0 Å². The van der Waals surface area contributed by atoms with Gasteiger partial charge < -0.3 is 25.6 Å². The van der Waals surface area contributed by atoms with E-state index in [9.17, 15) is 0 Å². The predicted octanol–water partition coefficient (Wildman–Crippen LogP) is 1.24. The Morgan fingerprint density at radius 2 is 0.938 bits per heavy atom. The van der Waals surface area contributed by atoms with Gasteiger partial charge in [-0.1, -0.05) is 0 Å². The van der Waals surface area contributed by atoms with E-state index in [0.717, 1.165) is 0 Å². The zero-order valence-electron chi connectivity index (χ0n) is 10.8. The van der Waals surface area contributed by atoms with E-state index >= 15 is 0 Å². The molecule has 0 aliphatic heterocycles. The molecule has 0 fully saturated rings. The summed E-state index contributed by atoms with van der Waals surface area (Å²) in [6.45, 7) is 5.30. The van der Waals surface area contributed by atoms with Crippen LogP contribution in [-0.2, 0) is 25.6 Å². The number of ether oxygens (including phenoxy) is 3. The van der Waals surface area contributed by atoms with Crippen LogP contribution in [0.5, 0.6) is 0 Å². The molecule has 0 rings (SSSR count). The molecular formula is C9H23AlO6. The smallest absolute Gasteiger partial charge is 0.431 e. The molecule has 0 aliphatic rings. The van der Waals surface area contributed by atoms with Crippen molar-refractivity contribution < 1.29 is 27.0 Å². The molecule has 3 unspecified atom stereocenters. The first-order chi connectivity index (χ1) is 7.53. The number of methoxy groups -OCH3 is 3. The molecule has 98 valence electrons. The molecule has 6 nitrogen and oxygen atoms in total. The second-order valence-electron chi connectivity index (χ2n) is 3.11. The highest BCUT2D eigenvalue weighted by Gasteiger charge is 2.37. The van der Waals surface area contributed by atoms with Crippen LogP contribution in [-0.4, -0.2) is 55.3 Å². The third kappa shape index (κ3) is 7.55. The van der Waals surface area contributed by atoms with Crippen molar-refractivity contribution in [3.63, 3.8) is 0 Å². The van der Waals surface area contributed by atoms with Crippen molar-refractivity contribution in [1.29, 1.82) is 0 Å². The van der Waals surface area contributed by atoms with Gasteiger partial charge in [0.2, 0.25) is 0 Å². The highest BCUT2D eigenvalue weighted by molar-refractivity contribution is 6.36. The molecule has 0 saturated heterocycles. The molecule has 7 heteroatoms. The number of hydrogen-bond acceptors (Lipinski definition) is 6. The van der Waals surface area contributed by atoms with E-state index in [2.05, 4.69) is 0 Å². The van der Waals surface area contributed by atoms with Crippen LogP contribution in [0.3, 0.4) is 0 Å². The van der Waals surface area contributed by atoms with Crippen molar-refractivity contribution in [2.24, 2.45) is 0 Å². The van der Waals surface area contributed by atoms with E-state index in [1.807, 2.05) is 0 Å². The zero-order chi connectivity index (χ0) is 12.6. The van der Waals surface area contributed by atoms with Gasteiger partial charge in [0.15, 0.2) is 0 Å². The van der Waals surface area contributed by atoms with Crippen LogP contribution in [0, 0.1) is 0 Å². The fourth-order valence-corrected chi connectivity index (χ4v) is 2.20. The van der Waals surface area contributed by atoms with Crippen LogP contribution in [0.4, 0.5) is 0 Å². The van der Waals surface area contributed by atoms with Crippen molar-refractivity contribution >= 4 is 15.1 Å². The average molecular weight is 254 g/mol. The molecule has 0 radical (unpaired) electrons. The lowest BCUT2D eigenvalue weighted by Gasteiger charge is -2.22. The number of hydrogen-bond donors (Lipinski definition) is 0. The minimum Gasteiger partial charge on any atom is -0.431 e. The third-order valence-electron chi connectivity index (χ3n) is 1.90. The van der Waals surface area contributed by atoms with Gasteiger partial charge in [0.05, 0.1) is 0 Å².